The van der Waals surface area contributed by atoms with E-state index >= 15 is 0 Å². The van der Waals surface area contributed by atoms with Crippen molar-refractivity contribution in [2.24, 2.45) is 5.92 Å². The van der Waals surface area contributed by atoms with Crippen LogP contribution in [0.25, 0.3) is 11.2 Å². The Labute approximate surface area is 208 Å². The number of nitrogens with one attached hydrogen (secondary N) is 1. The Morgan fingerprint density at radius 2 is 1.97 bits per heavy atom. The number of aromatic nitrogens is 5. The number of carboxylic acid groups (broad SMARTS) is 1. The number of fused-ring (bicyclic) bond motifs is 1. The molecule has 0 radical (unpaired) electrons. The van der Waals surface area contributed by atoms with E-state index in [9.17, 15) is 9.90 Å². The molecule has 1 aliphatic rings. The molecular formula is C23H40N6O3SSi. The summed E-state index contributed by atoms with van der Waals surface area (Å²) in [5.74, 6) is 0.352. The molecule has 1 fully saturated rings. The molecule has 0 unspecified atom stereocenters. The molecule has 3 rings (SSSR count). The molecule has 2 N–H and O–H groups in total. The smallest absolute Gasteiger partial charge is 0.306 e. The summed E-state index contributed by atoms with van der Waals surface area (Å²) >= 11 is 1.61. The zero-order valence-corrected chi connectivity index (χ0v) is 23.4. The first-order chi connectivity index (χ1) is 16.0. The summed E-state index contributed by atoms with van der Waals surface area (Å²) in [4.78, 5) is 21.5. The summed E-state index contributed by atoms with van der Waals surface area (Å²) in [5.41, 5.74) is 1.27. The van der Waals surface area contributed by atoms with Crippen LogP contribution in [0.4, 0.5) is 5.82 Å². The van der Waals surface area contributed by atoms with Gasteiger partial charge in [-0.05, 0) is 43.8 Å². The van der Waals surface area contributed by atoms with Crippen molar-refractivity contribution in [3.05, 3.63) is 0 Å². The van der Waals surface area contributed by atoms with Gasteiger partial charge in [0, 0.05) is 12.3 Å². The molecule has 3 atom stereocenters. The highest BCUT2D eigenvalue weighted by molar-refractivity contribution is 7.99. The van der Waals surface area contributed by atoms with Crippen LogP contribution in [0.3, 0.4) is 0 Å². The third-order valence-electron chi connectivity index (χ3n) is 6.95. The molecule has 190 valence electrons. The zero-order chi connectivity index (χ0) is 25.1. The Hall–Kier alpha value is -1.72. The van der Waals surface area contributed by atoms with Crippen molar-refractivity contribution in [1.29, 1.82) is 0 Å². The van der Waals surface area contributed by atoms with Gasteiger partial charge in [0.25, 0.3) is 0 Å². The second-order valence-electron chi connectivity index (χ2n) is 10.7. The van der Waals surface area contributed by atoms with Gasteiger partial charge in [-0.1, -0.05) is 58.0 Å². The number of nitrogens with zero attached hydrogens (tertiary/aromatic N) is 5. The van der Waals surface area contributed by atoms with E-state index < -0.39 is 20.2 Å². The zero-order valence-electron chi connectivity index (χ0n) is 21.6. The van der Waals surface area contributed by atoms with Crippen LogP contribution in [0.2, 0.25) is 18.1 Å². The van der Waals surface area contributed by atoms with Crippen molar-refractivity contribution in [2.45, 2.75) is 102 Å². The Balaban J connectivity index is 2.02. The molecule has 0 saturated heterocycles. The maximum Gasteiger partial charge on any atom is 0.306 e. The molecule has 11 heteroatoms. The van der Waals surface area contributed by atoms with Crippen LogP contribution in [-0.2, 0) is 9.22 Å². The lowest BCUT2D eigenvalue weighted by Crippen LogP contribution is -2.45. The van der Waals surface area contributed by atoms with E-state index in [2.05, 4.69) is 63.3 Å². The first kappa shape index (κ1) is 26.9. The maximum atomic E-state index is 11.9. The predicted octanol–water partition coefficient (Wildman–Crippen LogP) is 5.36. The molecule has 0 aromatic carbocycles. The second kappa shape index (κ2) is 10.9. The van der Waals surface area contributed by atoms with Gasteiger partial charge in [-0.25, -0.2) is 14.6 Å². The lowest BCUT2D eigenvalue weighted by molar-refractivity contribution is -0.141. The van der Waals surface area contributed by atoms with Crippen LogP contribution < -0.4 is 5.32 Å². The minimum Gasteiger partial charge on any atom is -0.481 e. The fraction of sp³-hybridized carbons (Fsp3) is 0.783. The summed E-state index contributed by atoms with van der Waals surface area (Å²) in [6, 6.07) is -0.234. The third kappa shape index (κ3) is 5.91. The van der Waals surface area contributed by atoms with Crippen LogP contribution in [0.5, 0.6) is 0 Å². The molecule has 1 aliphatic carbocycles. The minimum absolute atomic E-state index is 0.0196. The standard InChI is InChI=1S/C23H40N6O3SSi/c1-8-10-11-24-19-18-20(26-22(25-19)33-12-9-2)29(28-27-18)16-13-15(21(30)31)14-17(16)32-34(6,7)23(3,4)5/h15-17H,8-14H2,1-7H3,(H,30,31)(H,24,25,26)/t15-,16+,17+/m0/s1. The third-order valence-corrected chi connectivity index (χ3v) is 12.5. The van der Waals surface area contributed by atoms with Gasteiger partial charge < -0.3 is 14.8 Å². The number of hydrogen-bond acceptors (Lipinski definition) is 8. The van der Waals surface area contributed by atoms with E-state index in [1.54, 1.807) is 16.4 Å². The van der Waals surface area contributed by atoms with Crippen molar-refractivity contribution in [2.75, 3.05) is 17.6 Å². The van der Waals surface area contributed by atoms with Crippen molar-refractivity contribution >= 4 is 43.0 Å². The minimum atomic E-state index is -2.12. The van der Waals surface area contributed by atoms with E-state index in [1.165, 1.54) is 0 Å². The highest BCUT2D eigenvalue weighted by Crippen LogP contribution is 2.44. The number of thioether (sulfide) groups is 1. The van der Waals surface area contributed by atoms with E-state index in [-0.39, 0.29) is 17.2 Å². The van der Waals surface area contributed by atoms with E-state index in [4.69, 9.17) is 14.4 Å². The average molecular weight is 509 g/mol. The summed E-state index contributed by atoms with van der Waals surface area (Å²) in [6.07, 6.45) is 3.81. The highest BCUT2D eigenvalue weighted by atomic mass is 32.2. The number of unbranched alkanes of at least 4 members (excludes halogenated alkanes) is 1. The number of carboxylic acids is 1. The molecule has 2 aromatic heterocycles. The molecule has 0 spiro atoms. The molecule has 0 bridgehead atoms. The normalized spacial score (nSPS) is 21.3. The summed E-state index contributed by atoms with van der Waals surface area (Å²) in [5, 5.41) is 22.8. The van der Waals surface area contributed by atoms with Crippen molar-refractivity contribution in [3.63, 3.8) is 0 Å². The van der Waals surface area contributed by atoms with Gasteiger partial charge >= 0.3 is 5.97 Å². The van der Waals surface area contributed by atoms with Gasteiger partial charge in [-0.3, -0.25) is 4.79 Å². The van der Waals surface area contributed by atoms with Gasteiger partial charge in [0.15, 0.2) is 30.5 Å². The Bertz CT molecular complexity index is 993. The molecule has 34 heavy (non-hydrogen) atoms. The molecule has 1 saturated carbocycles. The van der Waals surface area contributed by atoms with Crippen molar-refractivity contribution in [1.82, 2.24) is 25.0 Å². The molecule has 0 aliphatic heterocycles. The summed E-state index contributed by atoms with van der Waals surface area (Å²) in [7, 11) is -2.12. The lowest BCUT2D eigenvalue weighted by atomic mass is 10.1. The topological polar surface area (TPSA) is 115 Å². The van der Waals surface area contributed by atoms with E-state index in [0.717, 1.165) is 31.6 Å². The largest absolute Gasteiger partial charge is 0.481 e. The summed E-state index contributed by atoms with van der Waals surface area (Å²) < 4.78 is 8.56. The van der Waals surface area contributed by atoms with Crippen LogP contribution in [0.1, 0.15) is 72.8 Å². The number of hydrogen-bond donors (Lipinski definition) is 2. The SMILES string of the molecule is CCCCNc1nc(SCCC)nc2c1nnn2[C@@H]1C[C@H](C(=O)O)C[C@H]1O[Si](C)(C)C(C)(C)C. The van der Waals surface area contributed by atoms with Gasteiger partial charge in [0.05, 0.1) is 18.1 Å². The van der Waals surface area contributed by atoms with Crippen molar-refractivity contribution in [3.8, 4) is 0 Å². The predicted molar refractivity (Wildman–Crippen MR) is 139 cm³/mol. The number of carbonyl (C=O) groups is 1. The fourth-order valence-electron chi connectivity index (χ4n) is 3.92. The van der Waals surface area contributed by atoms with Gasteiger partial charge in [0.1, 0.15) is 0 Å². The van der Waals surface area contributed by atoms with Gasteiger partial charge in [0.2, 0.25) is 0 Å². The molecule has 2 aromatic rings. The molecular weight excluding hydrogens is 468 g/mol. The lowest BCUT2D eigenvalue weighted by Gasteiger charge is -2.39. The molecule has 2 heterocycles. The van der Waals surface area contributed by atoms with Gasteiger partial charge in [-0.2, -0.15) is 0 Å². The summed E-state index contributed by atoms with van der Waals surface area (Å²) in [6.45, 7) is 16.1. The van der Waals surface area contributed by atoms with Crippen LogP contribution >= 0.6 is 11.8 Å². The maximum absolute atomic E-state index is 11.9. The van der Waals surface area contributed by atoms with Crippen LogP contribution in [0.15, 0.2) is 5.16 Å². The van der Waals surface area contributed by atoms with E-state index in [0.29, 0.717) is 35.0 Å². The first-order valence-corrected chi connectivity index (χ1v) is 16.3. The molecule has 0 amide bonds. The van der Waals surface area contributed by atoms with Gasteiger partial charge in [-0.15, -0.1) is 5.10 Å². The number of anilines is 1. The van der Waals surface area contributed by atoms with Crippen LogP contribution in [0, 0.1) is 5.92 Å². The fourth-order valence-corrected chi connectivity index (χ4v) is 5.97. The van der Waals surface area contributed by atoms with E-state index in [1.807, 2.05) is 0 Å². The number of aliphatic carboxylic acids is 1. The highest BCUT2D eigenvalue weighted by Gasteiger charge is 2.47. The van der Waals surface area contributed by atoms with Crippen molar-refractivity contribution < 1.29 is 14.3 Å². The average Bonchev–Trinajstić information content (AvgIpc) is 3.35. The first-order valence-electron chi connectivity index (χ1n) is 12.4. The quantitative estimate of drug-likeness (QED) is 0.179. The second-order valence-corrected chi connectivity index (χ2v) is 16.5. The monoisotopic (exact) mass is 508 g/mol. The Morgan fingerprint density at radius 1 is 1.24 bits per heavy atom. The Morgan fingerprint density at radius 3 is 2.59 bits per heavy atom. The number of rotatable bonds is 11. The molecule has 9 nitrogen and oxygen atoms in total. The van der Waals surface area contributed by atoms with Crippen LogP contribution in [-0.4, -0.2) is 62.8 Å². The Kier molecular flexibility index (Phi) is 8.62.